The number of likely N-dealkylation sites (tertiary alicyclic amines) is 1. The maximum Gasteiger partial charge on any atom is 0.227 e. The van der Waals surface area contributed by atoms with E-state index in [4.69, 9.17) is 11.6 Å². The zero-order valence-corrected chi connectivity index (χ0v) is 15.9. The number of rotatable bonds is 3. The predicted octanol–water partition coefficient (Wildman–Crippen LogP) is 3.73. The van der Waals surface area contributed by atoms with E-state index in [9.17, 15) is 15.0 Å². The third-order valence-electron chi connectivity index (χ3n) is 6.18. The number of aromatic hydroxyl groups is 1. The first kappa shape index (κ1) is 18.3. The van der Waals surface area contributed by atoms with Crippen molar-refractivity contribution in [3.8, 4) is 5.75 Å². The van der Waals surface area contributed by atoms with E-state index < -0.39 is 5.60 Å². The molecule has 2 aromatic carbocycles. The smallest absolute Gasteiger partial charge is 0.227 e. The van der Waals surface area contributed by atoms with Gasteiger partial charge < -0.3 is 15.1 Å². The molecule has 2 fully saturated rings. The summed E-state index contributed by atoms with van der Waals surface area (Å²) in [6.07, 6.45) is 3.02. The Labute approximate surface area is 164 Å². The van der Waals surface area contributed by atoms with Crippen molar-refractivity contribution in [1.29, 1.82) is 0 Å². The zero-order valence-electron chi connectivity index (χ0n) is 15.1. The summed E-state index contributed by atoms with van der Waals surface area (Å²) in [7, 11) is 0. The third-order valence-corrected chi connectivity index (χ3v) is 6.48. The van der Waals surface area contributed by atoms with Crippen LogP contribution in [-0.4, -0.2) is 34.1 Å². The van der Waals surface area contributed by atoms with E-state index in [1.807, 2.05) is 35.2 Å². The molecule has 1 aliphatic carbocycles. The standard InChI is InChI=1S/C22H24ClNO3/c23-19-11-15(8-9-20(19)25)12-21(26)24-13-16-5-4-10-22(27,18(16)14-24)17-6-2-1-3-7-17/h1-3,6-9,11,16,18,25,27H,4-5,10,12-14H2/t16-,18+,22+/m1/s1. The van der Waals surface area contributed by atoms with E-state index in [-0.39, 0.29) is 29.0 Å². The van der Waals surface area contributed by atoms with Gasteiger partial charge in [0.05, 0.1) is 17.0 Å². The van der Waals surface area contributed by atoms with Gasteiger partial charge in [-0.25, -0.2) is 0 Å². The molecular formula is C22H24ClNO3. The number of aliphatic hydroxyl groups is 1. The minimum Gasteiger partial charge on any atom is -0.506 e. The second-order valence-electron chi connectivity index (χ2n) is 7.81. The Balaban J connectivity index is 1.51. The number of fused-ring (bicyclic) bond motifs is 1. The molecule has 4 rings (SSSR count). The van der Waals surface area contributed by atoms with Gasteiger partial charge in [0.1, 0.15) is 5.75 Å². The van der Waals surface area contributed by atoms with Crippen molar-refractivity contribution in [2.24, 2.45) is 11.8 Å². The van der Waals surface area contributed by atoms with E-state index in [0.717, 1.165) is 30.4 Å². The Hall–Kier alpha value is -2.04. The SMILES string of the molecule is O=C(Cc1ccc(O)c(Cl)c1)N1C[C@H]2CCC[C@](O)(c3ccccc3)[C@H]2C1. The number of halogens is 1. The normalized spacial score (nSPS) is 27.4. The molecule has 1 aliphatic heterocycles. The van der Waals surface area contributed by atoms with Crippen LogP contribution < -0.4 is 0 Å². The van der Waals surface area contributed by atoms with Gasteiger partial charge in [-0.2, -0.15) is 0 Å². The highest BCUT2D eigenvalue weighted by molar-refractivity contribution is 6.32. The molecule has 3 atom stereocenters. The number of hydrogen-bond acceptors (Lipinski definition) is 3. The summed E-state index contributed by atoms with van der Waals surface area (Å²) in [4.78, 5) is 14.7. The van der Waals surface area contributed by atoms with Gasteiger partial charge in [0.15, 0.2) is 0 Å². The van der Waals surface area contributed by atoms with Gasteiger partial charge in [-0.05, 0) is 48.4 Å². The van der Waals surface area contributed by atoms with Crippen LogP contribution in [0.1, 0.15) is 30.4 Å². The molecule has 142 valence electrons. The minimum atomic E-state index is -0.860. The first-order valence-electron chi connectivity index (χ1n) is 9.50. The summed E-state index contributed by atoms with van der Waals surface area (Å²) in [5, 5.41) is 21.3. The lowest BCUT2D eigenvalue weighted by Crippen LogP contribution is -2.43. The van der Waals surface area contributed by atoms with Gasteiger partial charge in [-0.3, -0.25) is 4.79 Å². The molecule has 2 aromatic rings. The summed E-state index contributed by atoms with van der Waals surface area (Å²) in [6, 6.07) is 14.7. The lowest BCUT2D eigenvalue weighted by atomic mass is 9.67. The molecule has 1 saturated heterocycles. The highest BCUT2D eigenvalue weighted by Crippen LogP contribution is 2.48. The fraction of sp³-hybridized carbons (Fsp3) is 0.409. The Bertz CT molecular complexity index is 841. The molecular weight excluding hydrogens is 362 g/mol. The molecule has 2 aliphatic rings. The number of amides is 1. The maximum absolute atomic E-state index is 12.8. The predicted molar refractivity (Wildman–Crippen MR) is 105 cm³/mol. The summed E-state index contributed by atoms with van der Waals surface area (Å²) < 4.78 is 0. The molecule has 1 saturated carbocycles. The molecule has 1 heterocycles. The number of carbonyl (C=O) groups is 1. The van der Waals surface area contributed by atoms with Crippen molar-refractivity contribution in [3.05, 3.63) is 64.7 Å². The largest absolute Gasteiger partial charge is 0.506 e. The zero-order chi connectivity index (χ0) is 19.0. The average Bonchev–Trinajstić information content (AvgIpc) is 3.12. The number of carbonyl (C=O) groups excluding carboxylic acids is 1. The number of phenols is 1. The van der Waals surface area contributed by atoms with Crippen LogP contribution in [-0.2, 0) is 16.8 Å². The van der Waals surface area contributed by atoms with Crippen LogP contribution in [0.4, 0.5) is 0 Å². The Morgan fingerprint density at radius 3 is 2.70 bits per heavy atom. The summed E-state index contributed by atoms with van der Waals surface area (Å²) in [5.74, 6) is 0.465. The van der Waals surface area contributed by atoms with Crippen LogP contribution in [0.25, 0.3) is 0 Å². The van der Waals surface area contributed by atoms with E-state index in [1.165, 1.54) is 6.07 Å². The Morgan fingerprint density at radius 2 is 1.96 bits per heavy atom. The van der Waals surface area contributed by atoms with Gasteiger partial charge in [0, 0.05) is 19.0 Å². The quantitative estimate of drug-likeness (QED) is 0.846. The molecule has 0 bridgehead atoms. The number of hydrogen-bond donors (Lipinski definition) is 2. The van der Waals surface area contributed by atoms with Crippen LogP contribution >= 0.6 is 11.6 Å². The third kappa shape index (κ3) is 3.44. The van der Waals surface area contributed by atoms with E-state index in [2.05, 4.69) is 0 Å². The lowest BCUT2D eigenvalue weighted by Gasteiger charge is -2.41. The average molecular weight is 386 g/mol. The number of nitrogens with zero attached hydrogens (tertiary/aromatic N) is 1. The van der Waals surface area contributed by atoms with Crippen LogP contribution in [0.5, 0.6) is 5.75 Å². The molecule has 0 aromatic heterocycles. The van der Waals surface area contributed by atoms with Crippen molar-refractivity contribution >= 4 is 17.5 Å². The van der Waals surface area contributed by atoms with Crippen LogP contribution in [0.3, 0.4) is 0 Å². The highest BCUT2D eigenvalue weighted by atomic mass is 35.5. The summed E-state index contributed by atoms with van der Waals surface area (Å²) in [5.41, 5.74) is 0.886. The van der Waals surface area contributed by atoms with Crippen molar-refractivity contribution in [1.82, 2.24) is 4.90 Å². The highest BCUT2D eigenvalue weighted by Gasteiger charge is 2.50. The first-order chi connectivity index (χ1) is 13.0. The van der Waals surface area contributed by atoms with E-state index in [1.54, 1.807) is 12.1 Å². The molecule has 1 amide bonds. The fourth-order valence-electron chi connectivity index (χ4n) is 4.76. The van der Waals surface area contributed by atoms with Crippen LogP contribution in [0, 0.1) is 11.8 Å². The van der Waals surface area contributed by atoms with Crippen molar-refractivity contribution in [2.75, 3.05) is 13.1 Å². The molecule has 0 radical (unpaired) electrons. The van der Waals surface area contributed by atoms with Crippen molar-refractivity contribution < 1.29 is 15.0 Å². The number of benzene rings is 2. The van der Waals surface area contributed by atoms with Gasteiger partial charge in [0.2, 0.25) is 5.91 Å². The summed E-state index contributed by atoms with van der Waals surface area (Å²) in [6.45, 7) is 1.28. The molecule has 0 unspecified atom stereocenters. The second kappa shape index (κ2) is 7.17. The van der Waals surface area contributed by atoms with E-state index in [0.29, 0.717) is 19.0 Å². The fourth-order valence-corrected chi connectivity index (χ4v) is 4.96. The van der Waals surface area contributed by atoms with Gasteiger partial charge >= 0.3 is 0 Å². The van der Waals surface area contributed by atoms with Crippen molar-refractivity contribution in [2.45, 2.75) is 31.3 Å². The minimum absolute atomic E-state index is 0.0213. The molecule has 5 heteroatoms. The Kier molecular flexibility index (Phi) is 4.87. The van der Waals surface area contributed by atoms with Crippen LogP contribution in [0.15, 0.2) is 48.5 Å². The maximum atomic E-state index is 12.8. The lowest BCUT2D eigenvalue weighted by molar-refractivity contribution is -0.130. The monoisotopic (exact) mass is 385 g/mol. The second-order valence-corrected chi connectivity index (χ2v) is 8.22. The molecule has 2 N–H and O–H groups in total. The summed E-state index contributed by atoms with van der Waals surface area (Å²) >= 11 is 5.95. The van der Waals surface area contributed by atoms with Gasteiger partial charge in [-0.15, -0.1) is 0 Å². The Morgan fingerprint density at radius 1 is 1.19 bits per heavy atom. The van der Waals surface area contributed by atoms with Gasteiger partial charge in [0.25, 0.3) is 0 Å². The first-order valence-corrected chi connectivity index (χ1v) is 9.88. The molecule has 4 nitrogen and oxygen atoms in total. The van der Waals surface area contributed by atoms with Crippen molar-refractivity contribution in [3.63, 3.8) is 0 Å². The number of phenolic OH excluding ortho intramolecular Hbond substituents is 1. The topological polar surface area (TPSA) is 60.8 Å². The van der Waals surface area contributed by atoms with Crippen LogP contribution in [0.2, 0.25) is 5.02 Å². The van der Waals surface area contributed by atoms with E-state index >= 15 is 0 Å². The molecule has 27 heavy (non-hydrogen) atoms. The van der Waals surface area contributed by atoms with Gasteiger partial charge in [-0.1, -0.05) is 48.0 Å². The molecule has 0 spiro atoms.